The molecular weight excluding hydrogens is 234 g/mol. The van der Waals surface area contributed by atoms with Crippen LogP contribution in [0.2, 0.25) is 0 Å². The summed E-state index contributed by atoms with van der Waals surface area (Å²) in [7, 11) is 0. The van der Waals surface area contributed by atoms with Gasteiger partial charge in [0.25, 0.3) is 5.91 Å². The van der Waals surface area contributed by atoms with Crippen molar-refractivity contribution in [3.8, 4) is 0 Å². The predicted octanol–water partition coefficient (Wildman–Crippen LogP) is 0.481. The lowest BCUT2D eigenvalue weighted by Crippen LogP contribution is -2.34. The Labute approximate surface area is 106 Å². The summed E-state index contributed by atoms with van der Waals surface area (Å²) in [5.74, 6) is 0.409. The molecule has 1 aliphatic heterocycles. The lowest BCUT2D eigenvalue weighted by Gasteiger charge is -2.22. The maximum atomic E-state index is 11.6. The monoisotopic (exact) mass is 253 g/mol. The Balaban J connectivity index is 1.61. The minimum absolute atomic E-state index is 0.222. The average Bonchev–Trinajstić information content (AvgIpc) is 2.82. The van der Waals surface area contributed by atoms with Crippen molar-refractivity contribution < 1.29 is 14.1 Å². The molecule has 2 rings (SSSR count). The van der Waals surface area contributed by atoms with E-state index >= 15 is 0 Å². The van der Waals surface area contributed by atoms with Crippen LogP contribution in [0.4, 0.5) is 0 Å². The summed E-state index contributed by atoms with van der Waals surface area (Å²) in [5.41, 5.74) is 0.314. The van der Waals surface area contributed by atoms with E-state index in [1.807, 2.05) is 0 Å². The van der Waals surface area contributed by atoms with Crippen molar-refractivity contribution in [3.63, 3.8) is 0 Å². The number of aromatic nitrogens is 1. The van der Waals surface area contributed by atoms with E-state index in [-0.39, 0.29) is 5.91 Å². The summed E-state index contributed by atoms with van der Waals surface area (Å²) in [5, 5.41) is 9.68. The van der Waals surface area contributed by atoms with Gasteiger partial charge in [0.15, 0.2) is 5.69 Å². The third-order valence-corrected chi connectivity index (χ3v) is 2.89. The van der Waals surface area contributed by atoms with Crippen LogP contribution in [0, 0.1) is 6.92 Å². The molecule has 1 saturated heterocycles. The van der Waals surface area contributed by atoms with E-state index in [9.17, 15) is 4.79 Å². The first-order chi connectivity index (χ1) is 8.75. The molecule has 0 unspecified atom stereocenters. The van der Waals surface area contributed by atoms with Gasteiger partial charge in [-0.05, 0) is 32.9 Å². The van der Waals surface area contributed by atoms with Crippen molar-refractivity contribution >= 4 is 5.91 Å². The summed E-state index contributed by atoms with van der Waals surface area (Å²) in [6, 6.07) is 1.61. The Morgan fingerprint density at radius 2 is 2.39 bits per heavy atom. The van der Waals surface area contributed by atoms with Gasteiger partial charge >= 0.3 is 0 Å². The van der Waals surface area contributed by atoms with Crippen LogP contribution in [-0.2, 0) is 4.74 Å². The Kier molecular flexibility index (Phi) is 4.72. The summed E-state index contributed by atoms with van der Waals surface area (Å²) in [6.07, 6.45) is 2.39. The van der Waals surface area contributed by atoms with Crippen LogP contribution in [0.15, 0.2) is 10.6 Å². The molecule has 6 nitrogen and oxygen atoms in total. The highest BCUT2D eigenvalue weighted by molar-refractivity contribution is 5.92. The van der Waals surface area contributed by atoms with Crippen molar-refractivity contribution in [1.82, 2.24) is 15.8 Å². The van der Waals surface area contributed by atoms with Gasteiger partial charge in [-0.25, -0.2) is 0 Å². The minimum Gasteiger partial charge on any atom is -0.376 e. The Morgan fingerprint density at radius 1 is 1.61 bits per heavy atom. The zero-order valence-electron chi connectivity index (χ0n) is 10.6. The second kappa shape index (κ2) is 6.51. The molecule has 0 atom stereocenters. The number of ether oxygens (including phenoxy) is 1. The maximum absolute atomic E-state index is 11.6. The van der Waals surface area contributed by atoms with E-state index in [0.29, 0.717) is 30.7 Å². The number of hydrogen-bond acceptors (Lipinski definition) is 5. The third kappa shape index (κ3) is 3.82. The summed E-state index contributed by atoms with van der Waals surface area (Å²) in [6.45, 7) is 4.80. The molecule has 1 fully saturated rings. The molecule has 18 heavy (non-hydrogen) atoms. The smallest absolute Gasteiger partial charge is 0.273 e. The number of carbonyl (C=O) groups excluding carboxylic acids is 1. The van der Waals surface area contributed by atoms with Gasteiger partial charge < -0.3 is 19.9 Å². The fourth-order valence-corrected chi connectivity index (χ4v) is 1.92. The SMILES string of the molecule is Cc1cc(C(=O)NCCOC2CCNCC2)no1. The van der Waals surface area contributed by atoms with Crippen LogP contribution in [-0.4, -0.2) is 43.4 Å². The molecule has 2 heterocycles. The van der Waals surface area contributed by atoms with Gasteiger partial charge in [0, 0.05) is 12.6 Å². The second-order valence-electron chi connectivity index (χ2n) is 4.40. The quantitative estimate of drug-likeness (QED) is 0.746. The van der Waals surface area contributed by atoms with Crippen LogP contribution >= 0.6 is 0 Å². The molecule has 0 radical (unpaired) electrons. The number of piperidine rings is 1. The van der Waals surface area contributed by atoms with Crippen molar-refractivity contribution in [3.05, 3.63) is 17.5 Å². The van der Waals surface area contributed by atoms with Crippen molar-refractivity contribution in [2.24, 2.45) is 0 Å². The van der Waals surface area contributed by atoms with Gasteiger partial charge in [-0.15, -0.1) is 0 Å². The number of amides is 1. The lowest BCUT2D eigenvalue weighted by atomic mass is 10.1. The molecule has 100 valence electrons. The van der Waals surface area contributed by atoms with Crippen LogP contribution in [0.1, 0.15) is 29.1 Å². The van der Waals surface area contributed by atoms with Gasteiger partial charge in [0.05, 0.1) is 12.7 Å². The summed E-state index contributed by atoms with van der Waals surface area (Å²) < 4.78 is 10.5. The molecule has 1 aromatic heterocycles. The molecule has 0 bridgehead atoms. The number of nitrogens with zero attached hydrogens (tertiary/aromatic N) is 1. The summed E-state index contributed by atoms with van der Waals surface area (Å²) in [4.78, 5) is 11.6. The number of rotatable bonds is 5. The first-order valence-electron chi connectivity index (χ1n) is 6.29. The Bertz CT molecular complexity index is 386. The van der Waals surface area contributed by atoms with Crippen LogP contribution in [0.25, 0.3) is 0 Å². The molecule has 0 aromatic carbocycles. The first kappa shape index (κ1) is 13.0. The molecule has 0 aliphatic carbocycles. The highest BCUT2D eigenvalue weighted by Crippen LogP contribution is 2.06. The predicted molar refractivity (Wildman–Crippen MR) is 65.4 cm³/mol. The highest BCUT2D eigenvalue weighted by atomic mass is 16.5. The lowest BCUT2D eigenvalue weighted by molar-refractivity contribution is 0.0343. The fourth-order valence-electron chi connectivity index (χ4n) is 1.92. The molecule has 1 aromatic rings. The zero-order valence-corrected chi connectivity index (χ0v) is 10.6. The van der Waals surface area contributed by atoms with Crippen molar-refractivity contribution in [2.45, 2.75) is 25.9 Å². The summed E-state index contributed by atoms with van der Waals surface area (Å²) >= 11 is 0. The van der Waals surface area contributed by atoms with Crippen LogP contribution < -0.4 is 10.6 Å². The van der Waals surface area contributed by atoms with Crippen molar-refractivity contribution in [1.29, 1.82) is 0 Å². The fraction of sp³-hybridized carbons (Fsp3) is 0.667. The van der Waals surface area contributed by atoms with Crippen molar-refractivity contribution in [2.75, 3.05) is 26.2 Å². The van der Waals surface area contributed by atoms with Crippen LogP contribution in [0.5, 0.6) is 0 Å². The number of carbonyl (C=O) groups is 1. The van der Waals surface area contributed by atoms with Gasteiger partial charge in [-0.3, -0.25) is 4.79 Å². The number of aryl methyl sites for hydroxylation is 1. The van der Waals surface area contributed by atoms with Gasteiger partial charge in [-0.2, -0.15) is 0 Å². The van der Waals surface area contributed by atoms with Gasteiger partial charge in [0.2, 0.25) is 0 Å². The molecule has 1 aliphatic rings. The third-order valence-electron chi connectivity index (χ3n) is 2.89. The van der Waals surface area contributed by atoms with E-state index in [1.165, 1.54) is 0 Å². The van der Waals surface area contributed by atoms with E-state index in [0.717, 1.165) is 25.9 Å². The average molecular weight is 253 g/mol. The molecule has 0 saturated carbocycles. The van der Waals surface area contributed by atoms with E-state index < -0.39 is 0 Å². The molecule has 2 N–H and O–H groups in total. The molecule has 0 spiro atoms. The van der Waals surface area contributed by atoms with E-state index in [1.54, 1.807) is 13.0 Å². The maximum Gasteiger partial charge on any atom is 0.273 e. The molecule has 1 amide bonds. The largest absolute Gasteiger partial charge is 0.376 e. The number of nitrogens with one attached hydrogen (secondary N) is 2. The Morgan fingerprint density at radius 3 is 3.06 bits per heavy atom. The van der Waals surface area contributed by atoms with E-state index in [4.69, 9.17) is 9.26 Å². The topological polar surface area (TPSA) is 76.4 Å². The van der Waals surface area contributed by atoms with E-state index in [2.05, 4.69) is 15.8 Å². The first-order valence-corrected chi connectivity index (χ1v) is 6.29. The standard InChI is InChI=1S/C12H19N3O3/c1-9-8-11(15-18-9)12(16)14-6-7-17-10-2-4-13-5-3-10/h8,10,13H,2-7H2,1H3,(H,14,16). The highest BCUT2D eigenvalue weighted by Gasteiger charge is 2.13. The Hall–Kier alpha value is -1.40. The molecular formula is C12H19N3O3. The number of hydrogen-bond donors (Lipinski definition) is 2. The zero-order chi connectivity index (χ0) is 12.8. The van der Waals surface area contributed by atoms with Gasteiger partial charge in [-0.1, -0.05) is 5.16 Å². The molecule has 6 heteroatoms. The van der Waals surface area contributed by atoms with Crippen LogP contribution in [0.3, 0.4) is 0 Å². The second-order valence-corrected chi connectivity index (χ2v) is 4.40. The normalized spacial score (nSPS) is 16.7. The minimum atomic E-state index is -0.222. The van der Waals surface area contributed by atoms with Gasteiger partial charge in [0.1, 0.15) is 5.76 Å².